The second-order valence-corrected chi connectivity index (χ2v) is 8.23. The number of benzene rings is 2. The van der Waals surface area contributed by atoms with E-state index in [4.69, 9.17) is 4.74 Å². The molecular weight excluding hydrogens is 410 g/mol. The van der Waals surface area contributed by atoms with Crippen LogP contribution < -0.4 is 15.4 Å². The van der Waals surface area contributed by atoms with E-state index in [1.807, 2.05) is 6.07 Å². The molecule has 32 heavy (non-hydrogen) atoms. The summed E-state index contributed by atoms with van der Waals surface area (Å²) < 4.78 is 5.23. The Labute approximate surface area is 185 Å². The van der Waals surface area contributed by atoms with Gasteiger partial charge in [0.2, 0.25) is 17.7 Å². The summed E-state index contributed by atoms with van der Waals surface area (Å²) in [6.45, 7) is -0.296. The average molecular weight is 435 g/mol. The van der Waals surface area contributed by atoms with Crippen molar-refractivity contribution < 1.29 is 23.9 Å². The van der Waals surface area contributed by atoms with Crippen LogP contribution in [-0.4, -0.2) is 42.2 Å². The number of anilines is 2. The summed E-state index contributed by atoms with van der Waals surface area (Å²) in [4.78, 5) is 51.1. The van der Waals surface area contributed by atoms with Crippen molar-refractivity contribution in [2.75, 3.05) is 24.3 Å². The third kappa shape index (κ3) is 4.21. The molecule has 0 radical (unpaired) electrons. The quantitative estimate of drug-likeness (QED) is 0.678. The van der Waals surface area contributed by atoms with Crippen LogP contribution in [0.5, 0.6) is 5.75 Å². The number of nitrogens with one attached hydrogen (secondary N) is 2. The SMILES string of the molecule is COc1ccccc1NC(=O)c1ccc(NC(=O)CN2C(=O)CC3(CCCC3)C2=O)cc1. The Bertz CT molecular complexity index is 1060. The number of nitrogens with zero attached hydrogens (tertiary/aromatic N) is 1. The second kappa shape index (κ2) is 8.82. The van der Waals surface area contributed by atoms with Gasteiger partial charge >= 0.3 is 0 Å². The fourth-order valence-electron chi connectivity index (χ4n) is 4.45. The highest BCUT2D eigenvalue weighted by Gasteiger charge is 2.52. The summed E-state index contributed by atoms with van der Waals surface area (Å²) in [6, 6.07) is 13.5. The van der Waals surface area contributed by atoms with Crippen molar-refractivity contribution in [1.82, 2.24) is 4.90 Å². The number of methoxy groups -OCH3 is 1. The largest absolute Gasteiger partial charge is 0.495 e. The van der Waals surface area contributed by atoms with Gasteiger partial charge in [-0.3, -0.25) is 24.1 Å². The Morgan fingerprint density at radius 3 is 2.38 bits per heavy atom. The van der Waals surface area contributed by atoms with Gasteiger partial charge in [-0.15, -0.1) is 0 Å². The van der Waals surface area contributed by atoms with E-state index in [1.165, 1.54) is 7.11 Å². The maximum atomic E-state index is 12.7. The molecular formula is C24H25N3O5. The lowest BCUT2D eigenvalue weighted by Gasteiger charge is -2.20. The maximum Gasteiger partial charge on any atom is 0.255 e. The van der Waals surface area contributed by atoms with Crippen LogP contribution >= 0.6 is 0 Å². The lowest BCUT2D eigenvalue weighted by atomic mass is 9.84. The first kappa shape index (κ1) is 21.5. The summed E-state index contributed by atoms with van der Waals surface area (Å²) in [7, 11) is 1.53. The van der Waals surface area contributed by atoms with Gasteiger partial charge in [-0.2, -0.15) is 0 Å². The molecule has 8 nitrogen and oxygen atoms in total. The molecule has 166 valence electrons. The smallest absolute Gasteiger partial charge is 0.255 e. The normalized spacial score (nSPS) is 17.0. The van der Waals surface area contributed by atoms with Gasteiger partial charge < -0.3 is 15.4 Å². The number of hydrogen-bond acceptors (Lipinski definition) is 5. The molecule has 0 atom stereocenters. The van der Waals surface area contributed by atoms with Gasteiger partial charge in [-0.1, -0.05) is 25.0 Å². The van der Waals surface area contributed by atoms with Crippen LogP contribution in [-0.2, 0) is 14.4 Å². The molecule has 2 N–H and O–H groups in total. The van der Waals surface area contributed by atoms with Crippen LogP contribution in [0.25, 0.3) is 0 Å². The molecule has 0 unspecified atom stereocenters. The Kier molecular flexibility index (Phi) is 5.94. The Hall–Kier alpha value is -3.68. The van der Waals surface area contributed by atoms with Gasteiger partial charge in [0, 0.05) is 17.7 Å². The third-order valence-corrected chi connectivity index (χ3v) is 6.14. The van der Waals surface area contributed by atoms with Crippen LogP contribution in [0.2, 0.25) is 0 Å². The maximum absolute atomic E-state index is 12.7. The highest BCUT2D eigenvalue weighted by molar-refractivity contribution is 6.09. The van der Waals surface area contributed by atoms with Gasteiger partial charge in [0.15, 0.2) is 0 Å². The van der Waals surface area contributed by atoms with Crippen molar-refractivity contribution in [2.45, 2.75) is 32.1 Å². The summed E-state index contributed by atoms with van der Waals surface area (Å²) in [5.74, 6) is -0.723. The molecule has 4 rings (SSSR count). The zero-order valence-electron chi connectivity index (χ0n) is 17.8. The van der Waals surface area contributed by atoms with Crippen LogP contribution in [0.4, 0.5) is 11.4 Å². The van der Waals surface area contributed by atoms with E-state index in [2.05, 4.69) is 10.6 Å². The fourth-order valence-corrected chi connectivity index (χ4v) is 4.45. The lowest BCUT2D eigenvalue weighted by molar-refractivity contribution is -0.143. The number of likely N-dealkylation sites (tertiary alicyclic amines) is 1. The Morgan fingerprint density at radius 1 is 1.00 bits per heavy atom. The van der Waals surface area contributed by atoms with E-state index < -0.39 is 11.3 Å². The number of ether oxygens (including phenoxy) is 1. The zero-order valence-corrected chi connectivity index (χ0v) is 17.8. The molecule has 1 aliphatic carbocycles. The van der Waals surface area contributed by atoms with Crippen molar-refractivity contribution in [3.8, 4) is 5.75 Å². The summed E-state index contributed by atoms with van der Waals surface area (Å²) in [5.41, 5.74) is 0.839. The molecule has 2 aromatic rings. The van der Waals surface area contributed by atoms with E-state index in [0.29, 0.717) is 35.5 Å². The third-order valence-electron chi connectivity index (χ3n) is 6.14. The molecule has 2 fully saturated rings. The van der Waals surface area contributed by atoms with Crippen molar-refractivity contribution in [3.05, 3.63) is 54.1 Å². The lowest BCUT2D eigenvalue weighted by Crippen LogP contribution is -2.39. The molecule has 0 aromatic heterocycles. The van der Waals surface area contributed by atoms with Crippen molar-refractivity contribution in [1.29, 1.82) is 0 Å². The van der Waals surface area contributed by atoms with Crippen molar-refractivity contribution >= 4 is 35.0 Å². The Balaban J connectivity index is 1.35. The molecule has 8 heteroatoms. The standard InChI is InChI=1S/C24H25N3O5/c1-32-19-7-3-2-6-18(19)26-22(30)16-8-10-17(11-9-16)25-20(28)15-27-21(29)14-24(23(27)31)12-4-5-13-24/h2-3,6-11H,4-5,12-15H2,1H3,(H,25,28)(H,26,30). The highest BCUT2D eigenvalue weighted by atomic mass is 16.5. The molecule has 4 amide bonds. The van der Waals surface area contributed by atoms with Crippen molar-refractivity contribution in [3.63, 3.8) is 0 Å². The number of carbonyl (C=O) groups is 4. The monoisotopic (exact) mass is 435 g/mol. The minimum Gasteiger partial charge on any atom is -0.495 e. The van der Waals surface area contributed by atoms with Crippen molar-refractivity contribution in [2.24, 2.45) is 5.41 Å². The first-order valence-corrected chi connectivity index (χ1v) is 10.6. The number of para-hydroxylation sites is 2. The molecule has 0 bridgehead atoms. The first-order chi connectivity index (χ1) is 15.4. The predicted molar refractivity (Wildman–Crippen MR) is 118 cm³/mol. The second-order valence-electron chi connectivity index (χ2n) is 8.23. The molecule has 1 heterocycles. The minimum absolute atomic E-state index is 0.203. The molecule has 2 aliphatic rings. The van der Waals surface area contributed by atoms with Crippen LogP contribution in [0, 0.1) is 5.41 Å². The van der Waals surface area contributed by atoms with E-state index in [-0.39, 0.29) is 30.7 Å². The summed E-state index contributed by atoms with van der Waals surface area (Å²) in [6.07, 6.45) is 3.52. The van der Waals surface area contributed by atoms with Gasteiger partial charge in [0.25, 0.3) is 5.91 Å². The molecule has 1 spiro atoms. The first-order valence-electron chi connectivity index (χ1n) is 10.6. The van der Waals surface area contributed by atoms with E-state index in [1.54, 1.807) is 42.5 Å². The van der Waals surface area contributed by atoms with Crippen LogP contribution in [0.3, 0.4) is 0 Å². The van der Waals surface area contributed by atoms with E-state index in [9.17, 15) is 19.2 Å². The molecule has 1 saturated heterocycles. The topological polar surface area (TPSA) is 105 Å². The van der Waals surface area contributed by atoms with E-state index >= 15 is 0 Å². The van der Waals surface area contributed by atoms with Gasteiger partial charge in [-0.05, 0) is 49.2 Å². The van der Waals surface area contributed by atoms with Crippen LogP contribution in [0.15, 0.2) is 48.5 Å². The minimum atomic E-state index is -0.589. The molecule has 1 aliphatic heterocycles. The Morgan fingerprint density at radius 2 is 1.69 bits per heavy atom. The summed E-state index contributed by atoms with van der Waals surface area (Å²) >= 11 is 0. The number of hydrogen-bond donors (Lipinski definition) is 2. The number of carbonyl (C=O) groups excluding carboxylic acids is 4. The molecule has 1 saturated carbocycles. The van der Waals surface area contributed by atoms with Gasteiger partial charge in [0.1, 0.15) is 12.3 Å². The molecule has 2 aromatic carbocycles. The number of imide groups is 1. The van der Waals surface area contributed by atoms with Gasteiger partial charge in [-0.25, -0.2) is 0 Å². The average Bonchev–Trinajstić information content (AvgIpc) is 3.35. The fraction of sp³-hybridized carbons (Fsp3) is 0.333. The number of amides is 4. The summed E-state index contributed by atoms with van der Waals surface area (Å²) in [5, 5.41) is 5.47. The van der Waals surface area contributed by atoms with Gasteiger partial charge in [0.05, 0.1) is 18.2 Å². The van der Waals surface area contributed by atoms with E-state index in [0.717, 1.165) is 17.7 Å². The zero-order chi connectivity index (χ0) is 22.7. The van der Waals surface area contributed by atoms with Crippen LogP contribution in [0.1, 0.15) is 42.5 Å². The highest BCUT2D eigenvalue weighted by Crippen LogP contribution is 2.46. The predicted octanol–water partition coefficient (Wildman–Crippen LogP) is 3.21. The number of rotatable bonds is 6.